The summed E-state index contributed by atoms with van der Waals surface area (Å²) in [4.78, 5) is 13.6. The molecule has 1 rings (SSSR count). The second-order valence-corrected chi connectivity index (χ2v) is 5.39. The molecular weight excluding hydrogens is 240 g/mol. The lowest BCUT2D eigenvalue weighted by molar-refractivity contribution is 0.0185. The maximum Gasteiger partial charge on any atom is 0.255 e. The first-order chi connectivity index (χ1) is 8.87. The van der Waals surface area contributed by atoms with Crippen molar-refractivity contribution in [2.75, 3.05) is 33.1 Å². The number of methoxy groups -OCH3 is 1. The molecule has 0 fully saturated rings. The lowest BCUT2D eigenvalue weighted by Gasteiger charge is -2.23. The topological polar surface area (TPSA) is 41.6 Å². The van der Waals surface area contributed by atoms with Crippen LogP contribution < -0.4 is 5.32 Å². The number of hydrogen-bond acceptors (Lipinski definition) is 3. The number of nitrogens with one attached hydrogen (secondary N) is 1. The van der Waals surface area contributed by atoms with Crippen LogP contribution in [0.3, 0.4) is 0 Å². The molecule has 0 aliphatic rings. The summed E-state index contributed by atoms with van der Waals surface area (Å²) in [6, 6.07) is 7.57. The van der Waals surface area contributed by atoms with Crippen molar-refractivity contribution in [3.05, 3.63) is 29.8 Å². The first-order valence-electron chi connectivity index (χ1n) is 6.47. The summed E-state index contributed by atoms with van der Waals surface area (Å²) in [5, 5.41) is 3.31. The Morgan fingerprint density at radius 2 is 1.95 bits per heavy atom. The summed E-state index contributed by atoms with van der Waals surface area (Å²) in [5.74, 6) is 0.00843. The molecule has 0 saturated heterocycles. The molecular formula is C15H24N2O2. The van der Waals surface area contributed by atoms with E-state index in [9.17, 15) is 4.79 Å². The number of nitrogens with zero attached hydrogens (tertiary/aromatic N) is 1. The highest BCUT2D eigenvalue weighted by atomic mass is 16.5. The number of benzene rings is 1. The molecule has 0 heterocycles. The Labute approximate surface area is 115 Å². The van der Waals surface area contributed by atoms with E-state index < -0.39 is 0 Å². The van der Waals surface area contributed by atoms with E-state index in [1.165, 1.54) is 0 Å². The zero-order chi connectivity index (χ0) is 14.5. The van der Waals surface area contributed by atoms with Crippen LogP contribution in [0.25, 0.3) is 0 Å². The van der Waals surface area contributed by atoms with Crippen LogP contribution in [-0.4, -0.2) is 44.2 Å². The summed E-state index contributed by atoms with van der Waals surface area (Å²) in [7, 11) is 5.23. The maximum atomic E-state index is 12.0. The third-order valence-electron chi connectivity index (χ3n) is 3.16. The molecule has 1 aromatic carbocycles. The lowest BCUT2D eigenvalue weighted by atomic mass is 10.1. The summed E-state index contributed by atoms with van der Waals surface area (Å²) in [5.41, 5.74) is 1.41. The Morgan fingerprint density at radius 1 is 1.32 bits per heavy atom. The second-order valence-electron chi connectivity index (χ2n) is 5.39. The number of para-hydroxylation sites is 1. The van der Waals surface area contributed by atoms with E-state index in [-0.39, 0.29) is 11.5 Å². The first kappa shape index (κ1) is 15.5. The van der Waals surface area contributed by atoms with Gasteiger partial charge in [-0.1, -0.05) is 12.1 Å². The Balaban J connectivity index is 2.71. The van der Waals surface area contributed by atoms with E-state index in [0.717, 1.165) is 18.7 Å². The van der Waals surface area contributed by atoms with Crippen molar-refractivity contribution in [1.82, 2.24) is 4.90 Å². The number of carbonyl (C=O) groups excluding carboxylic acids is 1. The minimum absolute atomic E-state index is 0.00843. The van der Waals surface area contributed by atoms with E-state index in [4.69, 9.17) is 4.74 Å². The zero-order valence-electron chi connectivity index (χ0n) is 12.5. The Kier molecular flexibility index (Phi) is 5.36. The van der Waals surface area contributed by atoms with Gasteiger partial charge in [0.05, 0.1) is 11.2 Å². The number of anilines is 1. The van der Waals surface area contributed by atoms with Gasteiger partial charge in [0.15, 0.2) is 0 Å². The predicted molar refractivity (Wildman–Crippen MR) is 78.7 cm³/mol. The van der Waals surface area contributed by atoms with Crippen molar-refractivity contribution >= 4 is 11.6 Å². The molecule has 1 amide bonds. The smallest absolute Gasteiger partial charge is 0.255 e. The molecule has 0 atom stereocenters. The van der Waals surface area contributed by atoms with Gasteiger partial charge in [0.1, 0.15) is 0 Å². The summed E-state index contributed by atoms with van der Waals surface area (Å²) >= 11 is 0. The molecule has 19 heavy (non-hydrogen) atoms. The fourth-order valence-electron chi connectivity index (χ4n) is 1.66. The molecule has 0 saturated carbocycles. The second kappa shape index (κ2) is 6.57. The average Bonchev–Trinajstić information content (AvgIpc) is 2.38. The number of rotatable bonds is 6. The van der Waals surface area contributed by atoms with Gasteiger partial charge in [-0.15, -0.1) is 0 Å². The van der Waals surface area contributed by atoms with Gasteiger partial charge in [0.2, 0.25) is 0 Å². The third kappa shape index (κ3) is 4.56. The fourth-order valence-corrected chi connectivity index (χ4v) is 1.66. The average molecular weight is 264 g/mol. The van der Waals surface area contributed by atoms with E-state index in [0.29, 0.717) is 5.56 Å². The summed E-state index contributed by atoms with van der Waals surface area (Å²) in [6.45, 7) is 4.86. The highest BCUT2D eigenvalue weighted by Crippen LogP contribution is 2.18. The molecule has 0 unspecified atom stereocenters. The standard InChI is InChI=1S/C15H24N2O2/c1-15(2,19-5)10-11-16-13-9-7-6-8-12(13)14(18)17(3)4/h6-9,16H,10-11H2,1-5H3. The van der Waals surface area contributed by atoms with E-state index in [2.05, 4.69) is 5.32 Å². The molecule has 4 nitrogen and oxygen atoms in total. The van der Waals surface area contributed by atoms with Crippen LogP contribution in [-0.2, 0) is 4.74 Å². The largest absolute Gasteiger partial charge is 0.384 e. The number of hydrogen-bond donors (Lipinski definition) is 1. The van der Waals surface area contributed by atoms with Crippen LogP contribution in [0.1, 0.15) is 30.6 Å². The van der Waals surface area contributed by atoms with Gasteiger partial charge in [0, 0.05) is 33.4 Å². The quantitative estimate of drug-likeness (QED) is 0.858. The van der Waals surface area contributed by atoms with Crippen molar-refractivity contribution in [1.29, 1.82) is 0 Å². The van der Waals surface area contributed by atoms with Crippen molar-refractivity contribution in [2.24, 2.45) is 0 Å². The van der Waals surface area contributed by atoms with E-state index >= 15 is 0 Å². The molecule has 1 N–H and O–H groups in total. The van der Waals surface area contributed by atoms with E-state index in [1.807, 2.05) is 38.1 Å². The minimum atomic E-state index is -0.159. The number of carbonyl (C=O) groups is 1. The van der Waals surface area contributed by atoms with Crippen LogP contribution in [0.2, 0.25) is 0 Å². The maximum absolute atomic E-state index is 12.0. The van der Waals surface area contributed by atoms with E-state index in [1.54, 1.807) is 26.1 Å². The molecule has 0 spiro atoms. The summed E-state index contributed by atoms with van der Waals surface area (Å²) < 4.78 is 5.38. The van der Waals surface area contributed by atoms with Gasteiger partial charge in [-0.3, -0.25) is 4.79 Å². The van der Waals surface area contributed by atoms with Crippen LogP contribution in [0.4, 0.5) is 5.69 Å². The van der Waals surface area contributed by atoms with Crippen LogP contribution in [0.15, 0.2) is 24.3 Å². The fraction of sp³-hybridized carbons (Fsp3) is 0.533. The van der Waals surface area contributed by atoms with Crippen molar-refractivity contribution in [3.63, 3.8) is 0 Å². The Hall–Kier alpha value is -1.55. The zero-order valence-corrected chi connectivity index (χ0v) is 12.5. The SMILES string of the molecule is COC(C)(C)CCNc1ccccc1C(=O)N(C)C. The highest BCUT2D eigenvalue weighted by molar-refractivity contribution is 5.99. The first-order valence-corrected chi connectivity index (χ1v) is 6.47. The molecule has 4 heteroatoms. The monoisotopic (exact) mass is 264 g/mol. The van der Waals surface area contributed by atoms with Gasteiger partial charge in [-0.05, 0) is 32.4 Å². The lowest BCUT2D eigenvalue weighted by Crippen LogP contribution is -2.27. The van der Waals surface area contributed by atoms with Crippen LogP contribution in [0, 0.1) is 0 Å². The molecule has 1 aromatic rings. The van der Waals surface area contributed by atoms with Gasteiger partial charge in [-0.25, -0.2) is 0 Å². The van der Waals surface area contributed by atoms with Gasteiger partial charge < -0.3 is 15.0 Å². The third-order valence-corrected chi connectivity index (χ3v) is 3.16. The normalized spacial score (nSPS) is 11.2. The molecule has 106 valence electrons. The summed E-state index contributed by atoms with van der Waals surface area (Å²) in [6.07, 6.45) is 0.869. The highest BCUT2D eigenvalue weighted by Gasteiger charge is 2.17. The Morgan fingerprint density at radius 3 is 2.53 bits per heavy atom. The Bertz CT molecular complexity index is 428. The van der Waals surface area contributed by atoms with Crippen molar-refractivity contribution in [2.45, 2.75) is 25.9 Å². The minimum Gasteiger partial charge on any atom is -0.384 e. The molecule has 0 aliphatic carbocycles. The molecule has 0 radical (unpaired) electrons. The number of amides is 1. The van der Waals surface area contributed by atoms with Crippen LogP contribution >= 0.6 is 0 Å². The molecule has 0 aromatic heterocycles. The van der Waals surface area contributed by atoms with Crippen molar-refractivity contribution in [3.8, 4) is 0 Å². The molecule has 0 aliphatic heterocycles. The van der Waals surface area contributed by atoms with Gasteiger partial charge in [0.25, 0.3) is 5.91 Å². The molecule has 0 bridgehead atoms. The predicted octanol–water partition coefficient (Wildman–Crippen LogP) is 2.62. The van der Waals surface area contributed by atoms with Gasteiger partial charge >= 0.3 is 0 Å². The number of ether oxygens (including phenoxy) is 1. The van der Waals surface area contributed by atoms with Gasteiger partial charge in [-0.2, -0.15) is 0 Å². The van der Waals surface area contributed by atoms with Crippen molar-refractivity contribution < 1.29 is 9.53 Å². The van der Waals surface area contributed by atoms with Crippen LogP contribution in [0.5, 0.6) is 0 Å².